The van der Waals surface area contributed by atoms with Crippen LogP contribution < -0.4 is 10.0 Å². The molecule has 0 heterocycles. The average molecular weight is 286 g/mol. The fourth-order valence-corrected chi connectivity index (χ4v) is 2.06. The Labute approximate surface area is 113 Å². The molecule has 0 aromatic heterocycles. The van der Waals surface area contributed by atoms with Crippen LogP contribution in [0.1, 0.15) is 35.7 Å². The Hall–Kier alpha value is -1.76. The highest BCUT2D eigenvalue weighted by Gasteiger charge is 2.11. The summed E-state index contributed by atoms with van der Waals surface area (Å²) in [7, 11) is -2.82. The second kappa shape index (κ2) is 6.98. The van der Waals surface area contributed by atoms with Crippen molar-refractivity contribution in [2.24, 2.45) is 0 Å². The first-order chi connectivity index (χ1) is 8.95. The number of benzene rings is 1. The van der Waals surface area contributed by atoms with E-state index in [0.717, 1.165) is 12.8 Å². The van der Waals surface area contributed by atoms with Crippen molar-refractivity contribution >= 4 is 28.2 Å². The summed E-state index contributed by atoms with van der Waals surface area (Å²) in [6, 6.07) is 2.82. The Morgan fingerprint density at radius 1 is 1.32 bits per heavy atom. The maximum Gasteiger partial charge on any atom is 0.335 e. The van der Waals surface area contributed by atoms with Crippen molar-refractivity contribution in [1.82, 2.24) is 0 Å². The van der Waals surface area contributed by atoms with Crippen molar-refractivity contribution in [3.8, 4) is 0 Å². The minimum absolute atomic E-state index is 0.0453. The third kappa shape index (κ3) is 4.44. The van der Waals surface area contributed by atoms with Crippen LogP contribution in [-0.2, 0) is 10.9 Å². The van der Waals surface area contributed by atoms with Gasteiger partial charge in [0.15, 0.2) is 0 Å². The van der Waals surface area contributed by atoms with E-state index in [9.17, 15) is 13.2 Å². The van der Waals surface area contributed by atoms with E-state index >= 15 is 0 Å². The molecule has 0 aliphatic heterocycles. The Bertz CT molecular complexity index is 533. The number of nitrogens with one attached hydrogen (secondary N) is 2. The summed E-state index contributed by atoms with van der Waals surface area (Å²) in [5, 5.41) is 12.1. The molecule has 0 aliphatic carbocycles. The quantitative estimate of drug-likeness (QED) is 0.453. The van der Waals surface area contributed by atoms with Crippen LogP contribution in [-0.4, -0.2) is 26.0 Å². The predicted molar refractivity (Wildman–Crippen MR) is 75.5 cm³/mol. The largest absolute Gasteiger partial charge is 0.478 e. The first-order valence-electron chi connectivity index (χ1n) is 5.98. The number of rotatable bonds is 7. The van der Waals surface area contributed by atoms with E-state index in [1.165, 1.54) is 12.1 Å². The maximum absolute atomic E-state index is 11.0. The number of unbranched alkanes of at least 4 members (excludes halogenated alkanes) is 1. The molecule has 106 valence electrons. The number of carbonyl (C=O) groups is 1. The Kier molecular flexibility index (Phi) is 5.62. The number of carboxylic acid groups (broad SMARTS) is 1. The van der Waals surface area contributed by atoms with Gasteiger partial charge in [0, 0.05) is 12.2 Å². The number of hydrogen-bond donors (Lipinski definition) is 4. The molecule has 0 saturated heterocycles. The molecule has 3 N–H and O–H groups in total. The lowest BCUT2D eigenvalue weighted by Crippen LogP contribution is -2.08. The molecule has 0 radical (unpaired) electrons. The lowest BCUT2D eigenvalue weighted by Gasteiger charge is -2.14. The standard InChI is InChI=1S/C12H18N2O4S/c1-3-4-5-13-10-6-9(12(15)16)7-11(8(10)2)14-19(17)18/h6-7,13,19H,3-5H2,1-2H3,(H,15,16)(H,14,17,18). The average Bonchev–Trinajstić information content (AvgIpc) is 2.33. The zero-order chi connectivity index (χ0) is 14.4. The van der Waals surface area contributed by atoms with Gasteiger partial charge in [0.25, 0.3) is 0 Å². The number of aromatic carboxylic acids is 1. The van der Waals surface area contributed by atoms with Crippen LogP contribution in [0.4, 0.5) is 11.4 Å². The first-order valence-corrected chi connectivity index (χ1v) is 7.16. The molecule has 7 heteroatoms. The van der Waals surface area contributed by atoms with E-state index in [1.54, 1.807) is 6.92 Å². The Balaban J connectivity index is 3.12. The number of carboxylic acids is 1. The van der Waals surface area contributed by atoms with Gasteiger partial charge in [0.1, 0.15) is 0 Å². The van der Waals surface area contributed by atoms with Gasteiger partial charge in [-0.05, 0) is 31.0 Å². The van der Waals surface area contributed by atoms with Gasteiger partial charge in [-0.1, -0.05) is 13.3 Å². The number of thiol groups is 1. The summed E-state index contributed by atoms with van der Waals surface area (Å²) >= 11 is 0. The van der Waals surface area contributed by atoms with Crippen molar-refractivity contribution in [2.45, 2.75) is 26.7 Å². The minimum Gasteiger partial charge on any atom is -0.478 e. The lowest BCUT2D eigenvalue weighted by atomic mass is 10.1. The van der Waals surface area contributed by atoms with Gasteiger partial charge in [-0.25, -0.2) is 13.2 Å². The van der Waals surface area contributed by atoms with Gasteiger partial charge >= 0.3 is 5.97 Å². The summed E-state index contributed by atoms with van der Waals surface area (Å²) in [5.41, 5.74) is 1.65. The maximum atomic E-state index is 11.0. The molecular formula is C12H18N2O4S. The fourth-order valence-electron chi connectivity index (χ4n) is 1.64. The molecule has 0 aliphatic rings. The highest BCUT2D eigenvalue weighted by atomic mass is 32.2. The normalized spacial score (nSPS) is 10.5. The molecule has 0 bridgehead atoms. The molecule has 0 fully saturated rings. The molecule has 0 amide bonds. The van der Waals surface area contributed by atoms with Crippen LogP contribution in [0.25, 0.3) is 0 Å². The molecule has 19 heavy (non-hydrogen) atoms. The minimum atomic E-state index is -2.82. The topological polar surface area (TPSA) is 95.5 Å². The summed E-state index contributed by atoms with van der Waals surface area (Å²) in [6.45, 7) is 4.50. The van der Waals surface area contributed by atoms with E-state index in [-0.39, 0.29) is 11.3 Å². The van der Waals surface area contributed by atoms with Crippen molar-refractivity contribution in [2.75, 3.05) is 16.6 Å². The smallest absolute Gasteiger partial charge is 0.335 e. The zero-order valence-corrected chi connectivity index (χ0v) is 11.8. The molecule has 0 unspecified atom stereocenters. The summed E-state index contributed by atoms with van der Waals surface area (Å²) in [6.07, 6.45) is 1.97. The van der Waals surface area contributed by atoms with Crippen LogP contribution in [0, 0.1) is 6.92 Å². The lowest BCUT2D eigenvalue weighted by molar-refractivity contribution is 0.0697. The van der Waals surface area contributed by atoms with Gasteiger partial charge in [0.05, 0.1) is 11.3 Å². The van der Waals surface area contributed by atoms with E-state index in [1.807, 2.05) is 0 Å². The number of anilines is 2. The van der Waals surface area contributed by atoms with Gasteiger partial charge in [-0.2, -0.15) is 0 Å². The molecule has 0 atom stereocenters. The van der Waals surface area contributed by atoms with E-state index in [0.29, 0.717) is 17.8 Å². The van der Waals surface area contributed by atoms with E-state index in [4.69, 9.17) is 5.11 Å². The van der Waals surface area contributed by atoms with Crippen molar-refractivity contribution in [3.05, 3.63) is 23.3 Å². The summed E-state index contributed by atoms with van der Waals surface area (Å²) in [5.74, 6) is -1.09. The van der Waals surface area contributed by atoms with Crippen LogP contribution in [0.2, 0.25) is 0 Å². The van der Waals surface area contributed by atoms with Gasteiger partial charge in [0.2, 0.25) is 10.9 Å². The SMILES string of the molecule is CCCCNc1cc(C(=O)O)cc(N[SH](=O)=O)c1C. The molecule has 1 rings (SSSR count). The zero-order valence-electron chi connectivity index (χ0n) is 10.9. The Morgan fingerprint density at radius 2 is 1.95 bits per heavy atom. The third-order valence-electron chi connectivity index (χ3n) is 2.71. The van der Waals surface area contributed by atoms with Crippen molar-refractivity contribution in [1.29, 1.82) is 0 Å². The predicted octanol–water partition coefficient (Wildman–Crippen LogP) is 1.84. The summed E-state index contributed by atoms with van der Waals surface area (Å²) < 4.78 is 23.7. The molecule has 1 aromatic carbocycles. The van der Waals surface area contributed by atoms with Crippen LogP contribution in [0.5, 0.6) is 0 Å². The molecule has 0 spiro atoms. The third-order valence-corrected chi connectivity index (χ3v) is 3.14. The highest BCUT2D eigenvalue weighted by Crippen LogP contribution is 2.26. The monoisotopic (exact) mass is 286 g/mol. The van der Waals surface area contributed by atoms with Crippen LogP contribution in [0.15, 0.2) is 12.1 Å². The van der Waals surface area contributed by atoms with E-state index in [2.05, 4.69) is 17.0 Å². The fraction of sp³-hybridized carbons (Fsp3) is 0.417. The summed E-state index contributed by atoms with van der Waals surface area (Å²) in [4.78, 5) is 11.0. The highest BCUT2D eigenvalue weighted by molar-refractivity contribution is 7.73. The van der Waals surface area contributed by atoms with E-state index < -0.39 is 16.9 Å². The second-order valence-electron chi connectivity index (χ2n) is 4.15. The van der Waals surface area contributed by atoms with Crippen molar-refractivity contribution in [3.63, 3.8) is 0 Å². The van der Waals surface area contributed by atoms with Gasteiger partial charge in [-0.3, -0.25) is 4.72 Å². The van der Waals surface area contributed by atoms with Crippen LogP contribution in [0.3, 0.4) is 0 Å². The molecule has 1 aromatic rings. The molecule has 6 nitrogen and oxygen atoms in total. The van der Waals surface area contributed by atoms with Gasteiger partial charge in [-0.15, -0.1) is 0 Å². The first kappa shape index (κ1) is 15.3. The molecular weight excluding hydrogens is 268 g/mol. The molecule has 0 saturated carbocycles. The van der Waals surface area contributed by atoms with Gasteiger partial charge < -0.3 is 10.4 Å². The number of hydrogen-bond acceptors (Lipinski definition) is 4. The second-order valence-corrected chi connectivity index (χ2v) is 4.89. The van der Waals surface area contributed by atoms with Crippen molar-refractivity contribution < 1.29 is 18.3 Å². The Morgan fingerprint density at radius 3 is 2.47 bits per heavy atom. The van der Waals surface area contributed by atoms with Crippen LogP contribution >= 0.6 is 0 Å².